The predicted octanol–water partition coefficient (Wildman–Crippen LogP) is 4.74. The van der Waals surface area contributed by atoms with Crippen molar-refractivity contribution >= 4 is 29.0 Å². The minimum absolute atomic E-state index is 0.280. The molecule has 0 spiro atoms. The van der Waals surface area contributed by atoms with Gasteiger partial charge in [0.1, 0.15) is 22.3 Å². The first-order chi connectivity index (χ1) is 16.7. The molecule has 0 atom stereocenters. The first-order valence-electron chi connectivity index (χ1n) is 10.2. The number of benzene rings is 1. The van der Waals surface area contributed by atoms with Crippen LogP contribution in [0.4, 0.5) is 4.39 Å². The second kappa shape index (κ2) is 9.98. The summed E-state index contributed by atoms with van der Waals surface area (Å²) in [6, 6.07) is 13.6. The number of hydrogen-bond donors (Lipinski definition) is 1. The molecular weight excluding hydrogens is 475 g/mol. The Balaban J connectivity index is 1.35. The van der Waals surface area contributed by atoms with Crippen LogP contribution in [0.1, 0.15) is 21.3 Å². The number of rotatable bonds is 8. The van der Waals surface area contributed by atoms with Gasteiger partial charge in [-0.15, -0.1) is 21.5 Å². The number of nitrogens with one attached hydrogen (secondary N) is 1. The number of pyridine rings is 1. The third-order valence-electron chi connectivity index (χ3n) is 4.76. The molecule has 1 aromatic carbocycles. The summed E-state index contributed by atoms with van der Waals surface area (Å²) in [6.07, 6.45) is 4.87. The number of para-hydroxylation sites is 1. The zero-order chi connectivity index (χ0) is 23.3. The average Bonchev–Trinajstić information content (AvgIpc) is 3.63. The fraction of sp³-hybridized carbons (Fsp3) is 0.0870. The Labute approximate surface area is 201 Å². The van der Waals surface area contributed by atoms with E-state index in [0.29, 0.717) is 33.9 Å². The van der Waals surface area contributed by atoms with Crippen molar-refractivity contribution in [2.24, 2.45) is 0 Å². The summed E-state index contributed by atoms with van der Waals surface area (Å²) in [5.41, 5.74) is 1.39. The highest BCUT2D eigenvalue weighted by Gasteiger charge is 2.19. The van der Waals surface area contributed by atoms with Crippen molar-refractivity contribution < 1.29 is 13.6 Å². The molecule has 0 saturated heterocycles. The van der Waals surface area contributed by atoms with E-state index in [4.69, 9.17) is 4.42 Å². The number of thioether (sulfide) groups is 1. The lowest BCUT2D eigenvalue weighted by molar-refractivity contribution is 0.0943. The molecule has 1 amide bonds. The molecule has 0 aliphatic heterocycles. The van der Waals surface area contributed by atoms with Gasteiger partial charge < -0.3 is 9.73 Å². The Morgan fingerprint density at radius 1 is 1.15 bits per heavy atom. The third kappa shape index (κ3) is 4.75. The summed E-state index contributed by atoms with van der Waals surface area (Å²) in [5.74, 6) is 0.917. The molecule has 8 nitrogen and oxygen atoms in total. The molecule has 0 bridgehead atoms. The number of nitrogens with zero attached hydrogens (tertiary/aromatic N) is 5. The fourth-order valence-electron chi connectivity index (χ4n) is 3.17. The van der Waals surface area contributed by atoms with Gasteiger partial charge in [-0.05, 0) is 36.4 Å². The van der Waals surface area contributed by atoms with Crippen LogP contribution in [0.3, 0.4) is 0 Å². The zero-order valence-corrected chi connectivity index (χ0v) is 19.2. The summed E-state index contributed by atoms with van der Waals surface area (Å²) >= 11 is 2.73. The van der Waals surface area contributed by atoms with E-state index in [2.05, 4.69) is 25.5 Å². The second-order valence-corrected chi connectivity index (χ2v) is 8.90. The van der Waals surface area contributed by atoms with E-state index in [0.717, 1.165) is 10.6 Å². The van der Waals surface area contributed by atoms with Crippen LogP contribution in [-0.2, 0) is 12.3 Å². The molecule has 0 radical (unpaired) electrons. The van der Waals surface area contributed by atoms with Crippen LogP contribution in [-0.4, -0.2) is 30.6 Å². The lowest BCUT2D eigenvalue weighted by Gasteiger charge is -2.10. The van der Waals surface area contributed by atoms with Crippen LogP contribution < -0.4 is 5.32 Å². The maximum absolute atomic E-state index is 14.7. The molecular formula is C23H17FN6O2S2. The molecule has 0 aliphatic carbocycles. The molecule has 170 valence electrons. The van der Waals surface area contributed by atoms with Gasteiger partial charge >= 0.3 is 0 Å². The van der Waals surface area contributed by atoms with Gasteiger partial charge in [0.2, 0.25) is 0 Å². The van der Waals surface area contributed by atoms with Crippen molar-refractivity contribution in [3.05, 3.63) is 94.8 Å². The van der Waals surface area contributed by atoms with Crippen LogP contribution in [0.5, 0.6) is 0 Å². The highest BCUT2D eigenvalue weighted by Crippen LogP contribution is 2.31. The molecule has 5 rings (SSSR count). The van der Waals surface area contributed by atoms with E-state index in [9.17, 15) is 9.18 Å². The minimum Gasteiger partial charge on any atom is -0.467 e. The first kappa shape index (κ1) is 22.0. The quantitative estimate of drug-likeness (QED) is 0.312. The molecule has 0 fully saturated rings. The third-order valence-corrected chi connectivity index (χ3v) is 6.73. The Kier molecular flexibility index (Phi) is 6.45. The Morgan fingerprint density at radius 3 is 2.85 bits per heavy atom. The van der Waals surface area contributed by atoms with Crippen LogP contribution in [0.15, 0.2) is 82.1 Å². The van der Waals surface area contributed by atoms with E-state index < -0.39 is 0 Å². The molecule has 4 heterocycles. The van der Waals surface area contributed by atoms with Crippen molar-refractivity contribution in [2.75, 3.05) is 0 Å². The van der Waals surface area contributed by atoms with E-state index in [1.54, 1.807) is 65.0 Å². The van der Waals surface area contributed by atoms with Gasteiger partial charge in [-0.3, -0.25) is 14.3 Å². The highest BCUT2D eigenvalue weighted by molar-refractivity contribution is 7.98. The van der Waals surface area contributed by atoms with Crippen molar-refractivity contribution in [3.8, 4) is 17.1 Å². The maximum atomic E-state index is 14.7. The number of halogens is 1. The van der Waals surface area contributed by atoms with Crippen LogP contribution in [0, 0.1) is 5.82 Å². The molecule has 0 unspecified atom stereocenters. The van der Waals surface area contributed by atoms with E-state index >= 15 is 0 Å². The van der Waals surface area contributed by atoms with Gasteiger partial charge in [0.05, 0.1) is 24.2 Å². The molecule has 11 heteroatoms. The number of furan rings is 1. The van der Waals surface area contributed by atoms with Gasteiger partial charge in [0.15, 0.2) is 11.0 Å². The smallest absolute Gasteiger partial charge is 0.271 e. The van der Waals surface area contributed by atoms with Crippen LogP contribution >= 0.6 is 23.1 Å². The molecule has 4 aromatic heterocycles. The topological polar surface area (TPSA) is 98.7 Å². The predicted molar refractivity (Wildman–Crippen MR) is 126 cm³/mol. The zero-order valence-electron chi connectivity index (χ0n) is 17.6. The Bertz CT molecular complexity index is 1400. The van der Waals surface area contributed by atoms with Gasteiger partial charge in [-0.1, -0.05) is 23.9 Å². The largest absolute Gasteiger partial charge is 0.467 e. The van der Waals surface area contributed by atoms with Crippen molar-refractivity contribution in [3.63, 3.8) is 0 Å². The molecule has 1 N–H and O–H groups in total. The average molecular weight is 493 g/mol. The molecule has 0 aliphatic rings. The molecule has 34 heavy (non-hydrogen) atoms. The number of aromatic nitrogens is 5. The SMILES string of the molecule is O=C(NCc1ccco1)c1csc(CSc2nnc(-c3cccnc3)n2-c2ccccc2F)n1. The number of hydrogen-bond acceptors (Lipinski definition) is 8. The van der Waals surface area contributed by atoms with Gasteiger partial charge in [0.25, 0.3) is 5.91 Å². The lowest BCUT2D eigenvalue weighted by atomic mass is 10.2. The standard InChI is InChI=1S/C23H17FN6O2S2/c24-17-7-1-2-8-19(17)30-21(15-5-3-9-25-11-15)28-29-23(30)34-14-20-27-18(13-33-20)22(31)26-12-16-6-4-10-32-16/h1-11,13H,12,14H2,(H,26,31). The number of thiazole rings is 1. The Morgan fingerprint density at radius 2 is 2.06 bits per heavy atom. The summed E-state index contributed by atoms with van der Waals surface area (Å²) in [6.45, 7) is 0.288. The minimum atomic E-state index is -0.390. The first-order valence-corrected chi connectivity index (χ1v) is 12.0. The van der Waals surface area contributed by atoms with E-state index in [1.165, 1.54) is 29.2 Å². The van der Waals surface area contributed by atoms with E-state index in [1.807, 2.05) is 6.07 Å². The van der Waals surface area contributed by atoms with Crippen LogP contribution in [0.2, 0.25) is 0 Å². The summed E-state index contributed by atoms with van der Waals surface area (Å²) in [4.78, 5) is 20.9. The molecule has 5 aromatic rings. The normalized spacial score (nSPS) is 11.0. The summed E-state index contributed by atoms with van der Waals surface area (Å²) < 4.78 is 21.6. The van der Waals surface area contributed by atoms with Crippen LogP contribution in [0.25, 0.3) is 17.1 Å². The fourth-order valence-corrected chi connectivity index (χ4v) is 4.91. The molecule has 0 saturated carbocycles. The second-order valence-electron chi connectivity index (χ2n) is 7.01. The monoisotopic (exact) mass is 492 g/mol. The van der Waals surface area contributed by atoms with Gasteiger partial charge in [-0.2, -0.15) is 0 Å². The van der Waals surface area contributed by atoms with Crippen molar-refractivity contribution in [1.82, 2.24) is 30.0 Å². The number of carbonyl (C=O) groups excluding carboxylic acids is 1. The summed E-state index contributed by atoms with van der Waals surface area (Å²) in [5, 5.41) is 14.3. The maximum Gasteiger partial charge on any atom is 0.271 e. The summed E-state index contributed by atoms with van der Waals surface area (Å²) in [7, 11) is 0. The van der Waals surface area contributed by atoms with Crippen molar-refractivity contribution in [1.29, 1.82) is 0 Å². The lowest BCUT2D eigenvalue weighted by Crippen LogP contribution is -2.22. The van der Waals surface area contributed by atoms with Crippen molar-refractivity contribution in [2.45, 2.75) is 17.5 Å². The van der Waals surface area contributed by atoms with Gasteiger partial charge in [0, 0.05) is 23.3 Å². The van der Waals surface area contributed by atoms with Gasteiger partial charge in [-0.25, -0.2) is 9.37 Å². The number of amides is 1. The number of carbonyl (C=O) groups is 1. The Hall–Kier alpha value is -3.83. The van der Waals surface area contributed by atoms with E-state index in [-0.39, 0.29) is 18.3 Å². The highest BCUT2D eigenvalue weighted by atomic mass is 32.2.